The summed E-state index contributed by atoms with van der Waals surface area (Å²) in [5.41, 5.74) is 2.53. The number of furan rings is 1. The quantitative estimate of drug-likeness (QED) is 0.341. The van der Waals surface area contributed by atoms with Gasteiger partial charge in [0.1, 0.15) is 34.5 Å². The van der Waals surface area contributed by atoms with Gasteiger partial charge in [0.15, 0.2) is 0 Å². The smallest absolute Gasteiger partial charge is 0.139 e. The summed E-state index contributed by atoms with van der Waals surface area (Å²) in [6, 6.07) is 39.9. The Morgan fingerprint density at radius 2 is 1.32 bits per heavy atom. The average Bonchev–Trinajstić information content (AvgIpc) is 3.28. The number of fused-ring (bicyclic) bond motifs is 1. The molecule has 0 radical (unpaired) electrons. The highest BCUT2D eigenvalue weighted by Gasteiger charge is 2.42. The van der Waals surface area contributed by atoms with Crippen LogP contribution in [0.15, 0.2) is 114 Å². The van der Waals surface area contributed by atoms with E-state index >= 15 is 0 Å². The van der Waals surface area contributed by atoms with Crippen molar-refractivity contribution in [3.63, 3.8) is 0 Å². The van der Waals surface area contributed by atoms with Crippen LogP contribution in [-0.2, 0) is 0 Å². The van der Waals surface area contributed by atoms with Crippen molar-refractivity contribution in [1.29, 1.82) is 5.26 Å². The first-order valence-electron chi connectivity index (χ1n) is 10.2. The molecule has 0 aliphatic rings. The predicted molar refractivity (Wildman–Crippen MR) is 131 cm³/mol. The van der Waals surface area contributed by atoms with E-state index < -0.39 is 7.26 Å². The van der Waals surface area contributed by atoms with Gasteiger partial charge in [0.2, 0.25) is 0 Å². The van der Waals surface area contributed by atoms with Gasteiger partial charge in [0.05, 0.1) is 23.9 Å². The topological polar surface area (TPSA) is 36.9 Å². The molecule has 5 aromatic rings. The lowest BCUT2D eigenvalue weighted by atomic mass is 10.1. The maximum Gasteiger partial charge on any atom is 0.139 e. The van der Waals surface area contributed by atoms with Gasteiger partial charge in [0, 0.05) is 5.39 Å². The van der Waals surface area contributed by atoms with Crippen molar-refractivity contribution in [1.82, 2.24) is 0 Å². The predicted octanol–water partition coefficient (Wildman–Crippen LogP) is 5.90. The summed E-state index contributed by atoms with van der Waals surface area (Å²) in [6.07, 6.45) is 0. The molecule has 0 aliphatic carbocycles. The van der Waals surface area contributed by atoms with Gasteiger partial charge < -0.3 is 4.42 Å². The normalized spacial score (nSPS) is 11.4. The van der Waals surface area contributed by atoms with Crippen molar-refractivity contribution in [3.8, 4) is 17.4 Å². The number of nitriles is 1. The van der Waals surface area contributed by atoms with Crippen LogP contribution in [0.25, 0.3) is 22.3 Å². The number of rotatable bonds is 4. The summed E-state index contributed by atoms with van der Waals surface area (Å²) in [6.45, 7) is 2.38. The van der Waals surface area contributed by atoms with E-state index in [1.54, 1.807) is 6.07 Å². The van der Waals surface area contributed by atoms with Crippen molar-refractivity contribution in [2.24, 2.45) is 0 Å². The molecule has 5 rings (SSSR count). The highest BCUT2D eigenvalue weighted by Crippen LogP contribution is 2.53. The van der Waals surface area contributed by atoms with E-state index in [-0.39, 0.29) is 0 Å². The zero-order valence-electron chi connectivity index (χ0n) is 17.2. The molecule has 1 heterocycles. The summed E-state index contributed by atoms with van der Waals surface area (Å²) < 4.78 is 6.27. The molecule has 0 unspecified atom stereocenters. The number of benzene rings is 4. The summed E-state index contributed by atoms with van der Waals surface area (Å²) in [4.78, 5) is 0. The molecular formula is C28H21NOP+. The van der Waals surface area contributed by atoms with Crippen molar-refractivity contribution in [2.45, 2.75) is 0 Å². The van der Waals surface area contributed by atoms with Crippen LogP contribution in [0, 0.1) is 11.3 Å². The molecule has 3 heteroatoms. The van der Waals surface area contributed by atoms with Crippen LogP contribution in [0.1, 0.15) is 5.56 Å². The fraction of sp³-hybridized carbons (Fsp3) is 0.0357. The lowest BCUT2D eigenvalue weighted by Crippen LogP contribution is -2.31. The minimum absolute atomic E-state index is 0.638. The van der Waals surface area contributed by atoms with Gasteiger partial charge in [-0.3, -0.25) is 0 Å². The van der Waals surface area contributed by atoms with E-state index in [2.05, 4.69) is 104 Å². The second kappa shape index (κ2) is 7.88. The molecule has 2 nitrogen and oxygen atoms in total. The highest BCUT2D eigenvalue weighted by molar-refractivity contribution is 7.95. The number of hydrogen-bond acceptors (Lipinski definition) is 2. The Labute approximate surface area is 182 Å². The number of nitrogens with zero attached hydrogens (tertiary/aromatic N) is 1. The van der Waals surface area contributed by atoms with Crippen LogP contribution in [0.2, 0.25) is 0 Å². The minimum atomic E-state index is -1.90. The van der Waals surface area contributed by atoms with Crippen LogP contribution in [0.5, 0.6) is 0 Å². The van der Waals surface area contributed by atoms with Crippen molar-refractivity contribution >= 4 is 34.1 Å². The Kier molecular flexibility index (Phi) is 4.91. The summed E-state index contributed by atoms with van der Waals surface area (Å²) in [7, 11) is -1.90. The molecule has 0 amide bonds. The first-order chi connectivity index (χ1) is 15.2. The van der Waals surface area contributed by atoms with Gasteiger partial charge in [0.25, 0.3) is 0 Å². The molecule has 0 bridgehead atoms. The molecular weight excluding hydrogens is 397 g/mol. The van der Waals surface area contributed by atoms with Gasteiger partial charge in [-0.2, -0.15) is 5.26 Å². The first-order valence-corrected chi connectivity index (χ1v) is 12.5. The third-order valence-corrected chi connectivity index (χ3v) is 9.86. The fourth-order valence-electron chi connectivity index (χ4n) is 4.20. The van der Waals surface area contributed by atoms with E-state index in [0.717, 1.165) is 22.3 Å². The molecule has 0 spiro atoms. The van der Waals surface area contributed by atoms with Crippen LogP contribution >= 0.6 is 7.26 Å². The molecule has 148 valence electrons. The van der Waals surface area contributed by atoms with Crippen molar-refractivity contribution in [2.75, 3.05) is 6.66 Å². The fourth-order valence-corrected chi connectivity index (χ4v) is 7.64. The monoisotopic (exact) mass is 418 g/mol. The molecule has 0 fully saturated rings. The van der Waals surface area contributed by atoms with Gasteiger partial charge in [-0.25, -0.2) is 0 Å². The Bertz CT molecular complexity index is 1360. The maximum absolute atomic E-state index is 9.25. The SMILES string of the molecule is C[P+](c1ccccc1)(c1ccccc1)c1ccccc1-c1cc2cc(C#N)ccc2o1. The first kappa shape index (κ1) is 19.3. The summed E-state index contributed by atoms with van der Waals surface area (Å²) in [5.74, 6) is 0.832. The Morgan fingerprint density at radius 3 is 1.97 bits per heavy atom. The Hall–Kier alpha value is -3.66. The third-order valence-electron chi connectivity index (χ3n) is 5.84. The van der Waals surface area contributed by atoms with Gasteiger partial charge in [-0.05, 0) is 60.7 Å². The van der Waals surface area contributed by atoms with Crippen LogP contribution in [0.3, 0.4) is 0 Å². The van der Waals surface area contributed by atoms with Crippen LogP contribution in [0.4, 0.5) is 0 Å². The van der Waals surface area contributed by atoms with Gasteiger partial charge in [-0.15, -0.1) is 0 Å². The average molecular weight is 418 g/mol. The van der Waals surface area contributed by atoms with E-state index in [1.807, 2.05) is 12.1 Å². The summed E-state index contributed by atoms with van der Waals surface area (Å²) >= 11 is 0. The number of hydrogen-bond donors (Lipinski definition) is 0. The van der Waals surface area contributed by atoms with Crippen LogP contribution < -0.4 is 15.9 Å². The zero-order chi connectivity index (χ0) is 21.3. The minimum Gasteiger partial charge on any atom is -0.456 e. The molecule has 0 atom stereocenters. The molecule has 31 heavy (non-hydrogen) atoms. The highest BCUT2D eigenvalue weighted by atomic mass is 31.2. The van der Waals surface area contributed by atoms with E-state index in [4.69, 9.17) is 4.42 Å². The molecule has 0 saturated carbocycles. The zero-order valence-corrected chi connectivity index (χ0v) is 18.1. The van der Waals surface area contributed by atoms with E-state index in [0.29, 0.717) is 5.56 Å². The van der Waals surface area contributed by atoms with Crippen molar-refractivity contribution in [3.05, 3.63) is 115 Å². The van der Waals surface area contributed by atoms with Gasteiger partial charge in [-0.1, -0.05) is 48.5 Å². The molecule has 1 aromatic heterocycles. The molecule has 0 N–H and O–H groups in total. The van der Waals surface area contributed by atoms with Crippen LogP contribution in [-0.4, -0.2) is 6.66 Å². The van der Waals surface area contributed by atoms with Gasteiger partial charge >= 0.3 is 0 Å². The lowest BCUT2D eigenvalue weighted by Gasteiger charge is -2.24. The van der Waals surface area contributed by atoms with E-state index in [9.17, 15) is 5.26 Å². The second-order valence-electron chi connectivity index (χ2n) is 7.67. The largest absolute Gasteiger partial charge is 0.456 e. The third kappa shape index (κ3) is 3.34. The summed E-state index contributed by atoms with van der Waals surface area (Å²) in [5, 5.41) is 14.1. The standard InChI is InChI=1S/C28H21NOP/c1-31(23-10-4-2-5-11-23,24-12-6-3-7-13-24)28-15-9-8-14-25(28)27-19-22-18-21(20-29)16-17-26(22)30-27/h2-19H,1H3/q+1. The van der Waals surface area contributed by atoms with E-state index in [1.165, 1.54) is 15.9 Å². The molecule has 0 saturated heterocycles. The lowest BCUT2D eigenvalue weighted by molar-refractivity contribution is 0.632. The Morgan fingerprint density at radius 1 is 0.710 bits per heavy atom. The molecule has 4 aromatic carbocycles. The molecule has 0 aliphatic heterocycles. The van der Waals surface area contributed by atoms with Crippen molar-refractivity contribution < 1.29 is 4.42 Å². The maximum atomic E-state index is 9.25. The Balaban J connectivity index is 1.76. The second-order valence-corrected chi connectivity index (χ2v) is 11.2.